The van der Waals surface area contributed by atoms with Crippen molar-refractivity contribution in [3.63, 3.8) is 0 Å². The molecular weight excluding hydrogens is 360 g/mol. The second-order valence-corrected chi connectivity index (χ2v) is 8.87. The minimum Gasteiger partial charge on any atom is -0.349 e. The molecule has 2 aromatic rings. The van der Waals surface area contributed by atoms with Crippen LogP contribution in [0.5, 0.6) is 0 Å². The Bertz CT molecular complexity index is 932. The molecule has 0 aliphatic heterocycles. The first-order valence-corrected chi connectivity index (χ1v) is 10.8. The molecule has 6 heteroatoms. The van der Waals surface area contributed by atoms with Gasteiger partial charge in [-0.2, -0.15) is 0 Å². The summed E-state index contributed by atoms with van der Waals surface area (Å²) in [4.78, 5) is 12.6. The summed E-state index contributed by atoms with van der Waals surface area (Å²) in [5.74, 6) is -0.217. The SMILES string of the molecule is Cc1cccc(NS(=O)(=O)c2cccc(C(=O)NC3CCCCC3)c2)c1C. The van der Waals surface area contributed by atoms with Crippen molar-refractivity contribution >= 4 is 21.6 Å². The van der Waals surface area contributed by atoms with Crippen LogP contribution in [0, 0.1) is 13.8 Å². The minimum absolute atomic E-state index is 0.0831. The first kappa shape index (κ1) is 19.4. The summed E-state index contributed by atoms with van der Waals surface area (Å²) in [5.41, 5.74) is 2.81. The van der Waals surface area contributed by atoms with Crippen LogP contribution in [0.3, 0.4) is 0 Å². The van der Waals surface area contributed by atoms with E-state index in [0.29, 0.717) is 11.3 Å². The molecule has 0 saturated heterocycles. The third-order valence-corrected chi connectivity index (χ3v) is 6.56. The first-order chi connectivity index (χ1) is 12.9. The first-order valence-electron chi connectivity index (χ1n) is 9.37. The molecule has 0 spiro atoms. The zero-order valence-electron chi connectivity index (χ0n) is 15.8. The van der Waals surface area contributed by atoms with Crippen LogP contribution in [0.25, 0.3) is 0 Å². The van der Waals surface area contributed by atoms with E-state index in [1.807, 2.05) is 26.0 Å². The molecule has 0 unspecified atom stereocenters. The fourth-order valence-corrected chi connectivity index (χ4v) is 4.55. The molecular formula is C21H26N2O3S. The summed E-state index contributed by atoms with van der Waals surface area (Å²) < 4.78 is 28.2. The molecule has 0 atom stereocenters. The van der Waals surface area contributed by atoms with Gasteiger partial charge in [-0.05, 0) is 62.1 Å². The number of aryl methyl sites for hydroxylation is 1. The van der Waals surface area contributed by atoms with E-state index < -0.39 is 10.0 Å². The lowest BCUT2D eigenvalue weighted by molar-refractivity contribution is 0.0927. The molecule has 1 saturated carbocycles. The van der Waals surface area contributed by atoms with Crippen LogP contribution in [0.4, 0.5) is 5.69 Å². The van der Waals surface area contributed by atoms with E-state index in [1.54, 1.807) is 18.2 Å². The van der Waals surface area contributed by atoms with Crippen LogP contribution in [-0.4, -0.2) is 20.4 Å². The minimum atomic E-state index is -3.77. The largest absolute Gasteiger partial charge is 0.349 e. The number of sulfonamides is 1. The van der Waals surface area contributed by atoms with Gasteiger partial charge in [-0.25, -0.2) is 8.42 Å². The van der Waals surface area contributed by atoms with Gasteiger partial charge in [0.05, 0.1) is 10.6 Å². The van der Waals surface area contributed by atoms with Crippen LogP contribution in [-0.2, 0) is 10.0 Å². The zero-order valence-corrected chi connectivity index (χ0v) is 16.6. The standard InChI is InChI=1S/C21H26N2O3S/c1-15-8-6-13-20(16(15)2)23-27(25,26)19-12-7-9-17(14-19)21(24)22-18-10-4-3-5-11-18/h6-9,12-14,18,23H,3-5,10-11H2,1-2H3,(H,22,24). The summed E-state index contributed by atoms with van der Waals surface area (Å²) in [6, 6.07) is 11.9. The summed E-state index contributed by atoms with van der Waals surface area (Å²) in [6.45, 7) is 3.81. The van der Waals surface area contributed by atoms with Gasteiger partial charge >= 0.3 is 0 Å². The molecule has 144 valence electrons. The van der Waals surface area contributed by atoms with Crippen LogP contribution < -0.4 is 10.0 Å². The summed E-state index contributed by atoms with van der Waals surface area (Å²) in [6.07, 6.45) is 5.43. The van der Waals surface area contributed by atoms with Crippen molar-refractivity contribution in [3.8, 4) is 0 Å². The van der Waals surface area contributed by atoms with Gasteiger partial charge in [-0.15, -0.1) is 0 Å². The Labute approximate surface area is 161 Å². The van der Waals surface area contributed by atoms with Gasteiger partial charge in [-0.1, -0.05) is 37.5 Å². The normalized spacial score (nSPS) is 15.3. The summed E-state index contributed by atoms with van der Waals surface area (Å²) >= 11 is 0. The van der Waals surface area contributed by atoms with E-state index in [4.69, 9.17) is 0 Å². The van der Waals surface area contributed by atoms with Crippen LogP contribution in [0.15, 0.2) is 47.4 Å². The molecule has 0 bridgehead atoms. The average Bonchev–Trinajstić information content (AvgIpc) is 2.66. The number of benzene rings is 2. The molecule has 27 heavy (non-hydrogen) atoms. The van der Waals surface area contributed by atoms with Gasteiger partial charge in [-0.3, -0.25) is 9.52 Å². The number of carbonyl (C=O) groups is 1. The van der Waals surface area contributed by atoms with Crippen molar-refractivity contribution in [3.05, 3.63) is 59.2 Å². The molecule has 5 nitrogen and oxygen atoms in total. The molecule has 3 rings (SSSR count). The number of hydrogen-bond donors (Lipinski definition) is 2. The average molecular weight is 387 g/mol. The molecule has 1 fully saturated rings. The summed E-state index contributed by atoms with van der Waals surface area (Å²) in [7, 11) is -3.77. The lowest BCUT2D eigenvalue weighted by atomic mass is 9.95. The number of rotatable bonds is 5. The lowest BCUT2D eigenvalue weighted by Crippen LogP contribution is -2.36. The molecule has 0 heterocycles. The van der Waals surface area contributed by atoms with Crippen molar-refractivity contribution in [2.45, 2.75) is 56.9 Å². The molecule has 1 amide bonds. The number of amides is 1. The number of anilines is 1. The van der Waals surface area contributed by atoms with E-state index in [2.05, 4.69) is 10.0 Å². The van der Waals surface area contributed by atoms with Gasteiger partial charge in [0.15, 0.2) is 0 Å². The molecule has 0 aromatic heterocycles. The van der Waals surface area contributed by atoms with E-state index in [1.165, 1.54) is 18.6 Å². The second kappa shape index (κ2) is 8.13. The number of hydrogen-bond acceptors (Lipinski definition) is 3. The fraction of sp³-hybridized carbons (Fsp3) is 0.381. The topological polar surface area (TPSA) is 75.3 Å². The second-order valence-electron chi connectivity index (χ2n) is 7.19. The number of carbonyl (C=O) groups excluding carboxylic acids is 1. The monoisotopic (exact) mass is 386 g/mol. The molecule has 1 aliphatic carbocycles. The predicted molar refractivity (Wildman–Crippen MR) is 108 cm³/mol. The van der Waals surface area contributed by atoms with Crippen molar-refractivity contribution in [1.82, 2.24) is 5.32 Å². The maximum Gasteiger partial charge on any atom is 0.261 e. The van der Waals surface area contributed by atoms with Crippen molar-refractivity contribution in [2.75, 3.05) is 4.72 Å². The Morgan fingerprint density at radius 2 is 1.70 bits per heavy atom. The Hall–Kier alpha value is -2.34. The maximum atomic E-state index is 12.8. The van der Waals surface area contributed by atoms with Crippen LogP contribution in [0.2, 0.25) is 0 Å². The lowest BCUT2D eigenvalue weighted by Gasteiger charge is -2.22. The predicted octanol–water partition coefficient (Wildman–Crippen LogP) is 4.17. The van der Waals surface area contributed by atoms with Gasteiger partial charge in [0.25, 0.3) is 15.9 Å². The number of nitrogens with one attached hydrogen (secondary N) is 2. The van der Waals surface area contributed by atoms with Gasteiger partial charge in [0, 0.05) is 11.6 Å². The third-order valence-electron chi connectivity index (χ3n) is 5.20. The molecule has 1 aliphatic rings. The highest BCUT2D eigenvalue weighted by Crippen LogP contribution is 2.23. The van der Waals surface area contributed by atoms with Gasteiger partial charge < -0.3 is 5.32 Å². The Balaban J connectivity index is 1.79. The van der Waals surface area contributed by atoms with Crippen molar-refractivity contribution in [1.29, 1.82) is 0 Å². The van der Waals surface area contributed by atoms with Crippen LogP contribution >= 0.6 is 0 Å². The highest BCUT2D eigenvalue weighted by molar-refractivity contribution is 7.92. The smallest absolute Gasteiger partial charge is 0.261 e. The highest BCUT2D eigenvalue weighted by atomic mass is 32.2. The maximum absolute atomic E-state index is 12.8. The quantitative estimate of drug-likeness (QED) is 0.810. The fourth-order valence-electron chi connectivity index (χ4n) is 3.39. The van der Waals surface area contributed by atoms with Crippen molar-refractivity contribution < 1.29 is 13.2 Å². The molecule has 2 N–H and O–H groups in total. The van der Waals surface area contributed by atoms with Gasteiger partial charge in [0.2, 0.25) is 0 Å². The molecule has 0 radical (unpaired) electrons. The third kappa shape index (κ3) is 4.69. The molecule has 2 aromatic carbocycles. The Kier molecular flexibility index (Phi) is 5.85. The zero-order chi connectivity index (χ0) is 19.4. The van der Waals surface area contributed by atoms with E-state index >= 15 is 0 Å². The summed E-state index contributed by atoms with van der Waals surface area (Å²) in [5, 5.41) is 3.03. The van der Waals surface area contributed by atoms with Gasteiger partial charge in [0.1, 0.15) is 0 Å². The Morgan fingerprint density at radius 1 is 1.00 bits per heavy atom. The van der Waals surface area contributed by atoms with E-state index in [0.717, 1.165) is 36.8 Å². The Morgan fingerprint density at radius 3 is 2.44 bits per heavy atom. The van der Waals surface area contributed by atoms with Crippen molar-refractivity contribution in [2.24, 2.45) is 0 Å². The highest BCUT2D eigenvalue weighted by Gasteiger charge is 2.20. The van der Waals surface area contributed by atoms with E-state index in [9.17, 15) is 13.2 Å². The van der Waals surface area contributed by atoms with Crippen LogP contribution in [0.1, 0.15) is 53.6 Å². The van der Waals surface area contributed by atoms with E-state index in [-0.39, 0.29) is 16.8 Å².